The molecule has 2 aromatic rings. The highest BCUT2D eigenvalue weighted by atomic mass is 127. The number of nitrogens with zero attached hydrogens (tertiary/aromatic N) is 2. The molecule has 1 heterocycles. The fourth-order valence-corrected chi connectivity index (χ4v) is 3.16. The van der Waals surface area contributed by atoms with E-state index in [0.717, 1.165) is 27.8 Å². The molecule has 1 aromatic heterocycles. The third-order valence-electron chi connectivity index (χ3n) is 3.39. The molecule has 0 amide bonds. The van der Waals surface area contributed by atoms with Crippen LogP contribution in [-0.4, -0.2) is 16.3 Å². The molecule has 21 heavy (non-hydrogen) atoms. The second-order valence-corrected chi connectivity index (χ2v) is 6.52. The Kier molecular flexibility index (Phi) is 5.75. The highest BCUT2D eigenvalue weighted by Crippen LogP contribution is 2.24. The van der Waals surface area contributed by atoms with Crippen molar-refractivity contribution in [2.45, 2.75) is 39.3 Å². The highest BCUT2D eigenvalue weighted by Gasteiger charge is 2.16. The summed E-state index contributed by atoms with van der Waals surface area (Å²) in [7, 11) is 0. The van der Waals surface area contributed by atoms with E-state index in [1.165, 1.54) is 6.07 Å². The molecule has 0 aliphatic carbocycles. The van der Waals surface area contributed by atoms with Crippen molar-refractivity contribution in [1.29, 1.82) is 0 Å². The topological polar surface area (TPSA) is 29.9 Å². The van der Waals surface area contributed by atoms with Crippen LogP contribution in [0, 0.1) is 9.39 Å². The maximum Gasteiger partial charge on any atom is 0.124 e. The summed E-state index contributed by atoms with van der Waals surface area (Å²) in [5.74, 6) is -0.192. The van der Waals surface area contributed by atoms with E-state index < -0.39 is 0 Å². The first-order valence-corrected chi connectivity index (χ1v) is 8.31. The van der Waals surface area contributed by atoms with Crippen LogP contribution in [0.3, 0.4) is 0 Å². The minimum absolute atomic E-state index is 0.151. The molecule has 1 unspecified atom stereocenters. The van der Waals surface area contributed by atoms with Gasteiger partial charge in [-0.3, -0.25) is 4.68 Å². The summed E-state index contributed by atoms with van der Waals surface area (Å²) >= 11 is 2.19. The Labute approximate surface area is 139 Å². The standard InChI is InChI=1S/C16H21FIN3/c1-4-19-16(14-6-5-12(17)9-15(14)18)10-13-7-8-21(20-13)11(2)3/h5-9,11,16,19H,4,10H2,1-3H3. The summed E-state index contributed by atoms with van der Waals surface area (Å²) in [6, 6.07) is 7.53. The first-order chi connectivity index (χ1) is 10.0. The van der Waals surface area contributed by atoms with E-state index >= 15 is 0 Å². The molecule has 1 aromatic carbocycles. The SMILES string of the molecule is CCNC(Cc1ccn(C(C)C)n1)c1ccc(F)cc1I. The minimum Gasteiger partial charge on any atom is -0.310 e. The van der Waals surface area contributed by atoms with Crippen LogP contribution < -0.4 is 5.32 Å². The molecule has 0 aliphatic rings. The van der Waals surface area contributed by atoms with E-state index in [4.69, 9.17) is 0 Å². The van der Waals surface area contributed by atoms with Crippen molar-refractivity contribution in [3.05, 3.63) is 51.1 Å². The summed E-state index contributed by atoms with van der Waals surface area (Å²) in [5, 5.41) is 8.07. The van der Waals surface area contributed by atoms with Gasteiger partial charge in [-0.2, -0.15) is 5.10 Å². The van der Waals surface area contributed by atoms with Crippen LogP contribution in [0.15, 0.2) is 30.5 Å². The van der Waals surface area contributed by atoms with Gasteiger partial charge >= 0.3 is 0 Å². The van der Waals surface area contributed by atoms with Gasteiger partial charge < -0.3 is 5.32 Å². The van der Waals surface area contributed by atoms with E-state index in [1.54, 1.807) is 6.07 Å². The first-order valence-electron chi connectivity index (χ1n) is 7.23. The van der Waals surface area contributed by atoms with Gasteiger partial charge in [0.25, 0.3) is 0 Å². The summed E-state index contributed by atoms with van der Waals surface area (Å²) in [6.07, 6.45) is 2.81. The van der Waals surface area contributed by atoms with Gasteiger partial charge in [0.1, 0.15) is 5.82 Å². The Balaban J connectivity index is 2.21. The van der Waals surface area contributed by atoms with Crippen molar-refractivity contribution in [3.63, 3.8) is 0 Å². The first kappa shape index (κ1) is 16.4. The smallest absolute Gasteiger partial charge is 0.124 e. The lowest BCUT2D eigenvalue weighted by atomic mass is 10.0. The average Bonchev–Trinajstić information content (AvgIpc) is 2.87. The van der Waals surface area contributed by atoms with E-state index in [-0.39, 0.29) is 11.9 Å². The van der Waals surface area contributed by atoms with Gasteiger partial charge in [-0.1, -0.05) is 13.0 Å². The third-order valence-corrected chi connectivity index (χ3v) is 4.33. The monoisotopic (exact) mass is 401 g/mol. The predicted molar refractivity (Wildman–Crippen MR) is 91.9 cm³/mol. The molecule has 2 rings (SSSR count). The molecule has 1 N–H and O–H groups in total. The van der Waals surface area contributed by atoms with Crippen molar-refractivity contribution in [3.8, 4) is 0 Å². The molecule has 0 spiro atoms. The number of likely N-dealkylation sites (N-methyl/N-ethyl adjacent to an activating group) is 1. The van der Waals surface area contributed by atoms with Crippen LogP contribution >= 0.6 is 22.6 Å². The van der Waals surface area contributed by atoms with Crippen molar-refractivity contribution >= 4 is 22.6 Å². The van der Waals surface area contributed by atoms with Crippen LogP contribution in [0.2, 0.25) is 0 Å². The van der Waals surface area contributed by atoms with E-state index in [9.17, 15) is 4.39 Å². The number of halogens is 2. The molecule has 5 heteroatoms. The summed E-state index contributed by atoms with van der Waals surface area (Å²) in [5.41, 5.74) is 2.17. The van der Waals surface area contributed by atoms with Crippen LogP contribution in [0.4, 0.5) is 4.39 Å². The summed E-state index contributed by atoms with van der Waals surface area (Å²) in [4.78, 5) is 0. The van der Waals surface area contributed by atoms with Gasteiger partial charge in [0.2, 0.25) is 0 Å². The van der Waals surface area contributed by atoms with Crippen molar-refractivity contribution in [1.82, 2.24) is 15.1 Å². The Hall–Kier alpha value is -0.950. The van der Waals surface area contributed by atoms with Gasteiger partial charge in [-0.25, -0.2) is 4.39 Å². The van der Waals surface area contributed by atoms with Gasteiger partial charge in [-0.05, 0) is 66.7 Å². The molecule has 0 fully saturated rings. The number of hydrogen-bond acceptors (Lipinski definition) is 2. The quantitative estimate of drug-likeness (QED) is 0.739. The summed E-state index contributed by atoms with van der Waals surface area (Å²) in [6.45, 7) is 7.17. The van der Waals surface area contributed by atoms with E-state index in [1.807, 2.05) is 16.9 Å². The molecule has 3 nitrogen and oxygen atoms in total. The minimum atomic E-state index is -0.192. The number of benzene rings is 1. The zero-order valence-corrected chi connectivity index (χ0v) is 14.8. The highest BCUT2D eigenvalue weighted by molar-refractivity contribution is 14.1. The number of rotatable bonds is 6. The third kappa shape index (κ3) is 4.26. The molecule has 0 saturated carbocycles. The second-order valence-electron chi connectivity index (χ2n) is 5.36. The molecule has 0 bridgehead atoms. The number of nitrogens with one attached hydrogen (secondary N) is 1. The lowest BCUT2D eigenvalue weighted by Crippen LogP contribution is -2.24. The second kappa shape index (κ2) is 7.35. The molecule has 0 aliphatic heterocycles. The molecule has 1 atom stereocenters. The molecular formula is C16H21FIN3. The predicted octanol–water partition coefficient (Wildman–Crippen LogP) is 4.10. The van der Waals surface area contributed by atoms with Gasteiger partial charge in [0.15, 0.2) is 0 Å². The van der Waals surface area contributed by atoms with Crippen LogP contribution in [-0.2, 0) is 6.42 Å². The maximum absolute atomic E-state index is 13.3. The van der Waals surface area contributed by atoms with Crippen molar-refractivity contribution < 1.29 is 4.39 Å². The fraction of sp³-hybridized carbons (Fsp3) is 0.438. The Morgan fingerprint density at radius 3 is 2.67 bits per heavy atom. The zero-order valence-electron chi connectivity index (χ0n) is 12.6. The van der Waals surface area contributed by atoms with E-state index in [2.05, 4.69) is 59.8 Å². The van der Waals surface area contributed by atoms with Crippen LogP contribution in [0.5, 0.6) is 0 Å². The summed E-state index contributed by atoms with van der Waals surface area (Å²) < 4.78 is 16.2. The van der Waals surface area contributed by atoms with Crippen molar-refractivity contribution in [2.24, 2.45) is 0 Å². The number of hydrogen-bond donors (Lipinski definition) is 1. The molecule has 0 radical (unpaired) electrons. The number of aromatic nitrogens is 2. The van der Waals surface area contributed by atoms with Crippen molar-refractivity contribution in [2.75, 3.05) is 6.54 Å². The molecule has 114 valence electrons. The average molecular weight is 401 g/mol. The van der Waals surface area contributed by atoms with Gasteiger partial charge in [-0.15, -0.1) is 0 Å². The molecular weight excluding hydrogens is 380 g/mol. The molecule has 0 saturated heterocycles. The Bertz CT molecular complexity index is 595. The van der Waals surface area contributed by atoms with Gasteiger partial charge in [0, 0.05) is 28.3 Å². The van der Waals surface area contributed by atoms with E-state index in [0.29, 0.717) is 6.04 Å². The Morgan fingerprint density at radius 2 is 2.10 bits per heavy atom. The van der Waals surface area contributed by atoms with Gasteiger partial charge in [0.05, 0.1) is 5.69 Å². The van der Waals surface area contributed by atoms with Crippen LogP contribution in [0.1, 0.15) is 44.1 Å². The largest absolute Gasteiger partial charge is 0.310 e. The fourth-order valence-electron chi connectivity index (χ4n) is 2.31. The zero-order chi connectivity index (χ0) is 15.4. The maximum atomic E-state index is 13.3. The lowest BCUT2D eigenvalue weighted by Gasteiger charge is -2.19. The van der Waals surface area contributed by atoms with Crippen LogP contribution in [0.25, 0.3) is 0 Å². The normalized spacial score (nSPS) is 12.9. The lowest BCUT2D eigenvalue weighted by molar-refractivity contribution is 0.505. The Morgan fingerprint density at radius 1 is 1.33 bits per heavy atom.